The highest BCUT2D eigenvalue weighted by atomic mass is 35.5. The van der Waals surface area contributed by atoms with Crippen molar-refractivity contribution in [3.63, 3.8) is 0 Å². The second-order valence-electron chi connectivity index (χ2n) is 4.51. The smallest absolute Gasteiger partial charge is 0.328 e. The van der Waals surface area contributed by atoms with Gasteiger partial charge in [0.25, 0.3) is 11.8 Å². The molecule has 1 aromatic rings. The summed E-state index contributed by atoms with van der Waals surface area (Å²) in [6, 6.07) is 2.16. The van der Waals surface area contributed by atoms with Gasteiger partial charge in [-0.1, -0.05) is 23.2 Å². The van der Waals surface area contributed by atoms with Crippen LogP contribution in [0.1, 0.15) is 5.56 Å². The van der Waals surface area contributed by atoms with Gasteiger partial charge in [-0.3, -0.25) is 20.2 Å². The Morgan fingerprint density at radius 1 is 1.10 bits per heavy atom. The van der Waals surface area contributed by atoms with Crippen molar-refractivity contribution in [2.45, 2.75) is 11.3 Å². The number of benzene rings is 1. The van der Waals surface area contributed by atoms with Crippen molar-refractivity contribution in [1.29, 1.82) is 0 Å². The third-order valence-electron chi connectivity index (χ3n) is 3.15. The molecule has 0 unspecified atom stereocenters. The number of imide groups is 2. The van der Waals surface area contributed by atoms with Crippen molar-refractivity contribution in [2.75, 3.05) is 6.79 Å². The molecule has 3 rings (SSSR count). The fourth-order valence-corrected chi connectivity index (χ4v) is 2.52. The Morgan fingerprint density at radius 3 is 2.29 bits per heavy atom. The number of fused-ring (bicyclic) bond motifs is 1. The average Bonchev–Trinajstić information content (AvgIpc) is 2.84. The molecule has 0 spiro atoms. The van der Waals surface area contributed by atoms with Gasteiger partial charge in [0.1, 0.15) is 0 Å². The number of nitrogens with one attached hydrogen (secondary N) is 2. The summed E-state index contributed by atoms with van der Waals surface area (Å²) in [5, 5.41) is 4.18. The minimum absolute atomic E-state index is 0.0661. The van der Waals surface area contributed by atoms with Gasteiger partial charge in [-0.15, -0.1) is 0 Å². The van der Waals surface area contributed by atoms with Gasteiger partial charge in [0.15, 0.2) is 11.5 Å². The van der Waals surface area contributed by atoms with Crippen LogP contribution in [-0.4, -0.2) is 29.5 Å². The van der Waals surface area contributed by atoms with Gasteiger partial charge >= 0.3 is 6.03 Å². The highest BCUT2D eigenvalue weighted by molar-refractivity contribution is 6.49. The van der Waals surface area contributed by atoms with E-state index in [1.54, 1.807) is 6.07 Å². The Kier molecular flexibility index (Phi) is 3.18. The van der Waals surface area contributed by atoms with Crippen LogP contribution in [0.5, 0.6) is 11.5 Å². The quantitative estimate of drug-likeness (QED) is 0.622. The summed E-state index contributed by atoms with van der Waals surface area (Å²) in [4.78, 5) is 32.8. The van der Waals surface area contributed by atoms with E-state index in [4.69, 9.17) is 32.7 Å². The Hall–Kier alpha value is -1.99. The molecule has 0 radical (unpaired) electrons. The molecule has 1 aromatic carbocycles. The van der Waals surface area contributed by atoms with E-state index >= 15 is 0 Å². The van der Waals surface area contributed by atoms with Crippen molar-refractivity contribution in [3.8, 4) is 11.5 Å². The highest BCUT2D eigenvalue weighted by Gasteiger charge is 2.49. The number of carbonyl (C=O) groups is 3. The number of barbiturate groups is 1. The fourth-order valence-electron chi connectivity index (χ4n) is 2.06. The zero-order valence-electron chi connectivity index (χ0n) is 10.4. The van der Waals surface area contributed by atoms with Gasteiger partial charge in [-0.2, -0.15) is 0 Å². The first-order valence-corrected chi connectivity index (χ1v) is 6.59. The van der Waals surface area contributed by atoms with Crippen LogP contribution in [0.15, 0.2) is 12.1 Å². The normalized spacial score (nSPS) is 19.2. The Balaban J connectivity index is 1.94. The monoisotopic (exact) mass is 330 g/mol. The third-order valence-corrected chi connectivity index (χ3v) is 3.98. The maximum absolute atomic E-state index is 11.9. The molecule has 0 aliphatic carbocycles. The Labute approximate surface area is 128 Å². The molecule has 4 amide bonds. The van der Waals surface area contributed by atoms with Crippen LogP contribution in [-0.2, 0) is 16.0 Å². The number of amides is 4. The van der Waals surface area contributed by atoms with Crippen LogP contribution in [0.25, 0.3) is 0 Å². The first-order chi connectivity index (χ1) is 9.90. The average molecular weight is 331 g/mol. The highest BCUT2D eigenvalue weighted by Crippen LogP contribution is 2.39. The number of carbonyl (C=O) groups excluding carboxylic acids is 3. The molecule has 2 heterocycles. The maximum Gasteiger partial charge on any atom is 0.328 e. The summed E-state index contributed by atoms with van der Waals surface area (Å²) in [6.07, 6.45) is -0.199. The number of hydrogen-bond donors (Lipinski definition) is 2. The number of urea groups is 1. The number of rotatable bonds is 2. The lowest BCUT2D eigenvalue weighted by Gasteiger charge is -2.28. The van der Waals surface area contributed by atoms with E-state index in [0.29, 0.717) is 17.1 Å². The topological polar surface area (TPSA) is 93.7 Å². The van der Waals surface area contributed by atoms with Crippen molar-refractivity contribution in [1.82, 2.24) is 10.6 Å². The predicted molar refractivity (Wildman–Crippen MR) is 71.5 cm³/mol. The van der Waals surface area contributed by atoms with Crippen LogP contribution in [0, 0.1) is 0 Å². The van der Waals surface area contributed by atoms with Crippen molar-refractivity contribution < 1.29 is 23.9 Å². The summed E-state index contributed by atoms with van der Waals surface area (Å²) >= 11 is 12.2. The first kappa shape index (κ1) is 14.0. The third kappa shape index (κ3) is 2.28. The SMILES string of the molecule is O=C1NC(=O)C(Cl)(Cc2cc3c(cc2Cl)OCO3)C(=O)N1. The molecule has 2 aliphatic heterocycles. The zero-order valence-corrected chi connectivity index (χ0v) is 11.9. The van der Waals surface area contributed by atoms with Crippen LogP contribution >= 0.6 is 23.2 Å². The van der Waals surface area contributed by atoms with Crippen LogP contribution in [0.3, 0.4) is 0 Å². The van der Waals surface area contributed by atoms with E-state index in [-0.39, 0.29) is 18.2 Å². The van der Waals surface area contributed by atoms with E-state index in [9.17, 15) is 14.4 Å². The van der Waals surface area contributed by atoms with Gasteiger partial charge in [-0.25, -0.2) is 4.79 Å². The van der Waals surface area contributed by atoms with E-state index in [1.165, 1.54) is 6.07 Å². The maximum atomic E-state index is 11.9. The lowest BCUT2D eigenvalue weighted by atomic mass is 9.95. The van der Waals surface area contributed by atoms with Gasteiger partial charge in [-0.05, 0) is 11.6 Å². The van der Waals surface area contributed by atoms with Crippen molar-refractivity contribution in [3.05, 3.63) is 22.7 Å². The molecular formula is C12H8Cl2N2O5. The second kappa shape index (κ2) is 4.78. The largest absolute Gasteiger partial charge is 0.454 e. The molecule has 9 heteroatoms. The van der Waals surface area contributed by atoms with Crippen molar-refractivity contribution in [2.24, 2.45) is 0 Å². The lowest BCUT2D eigenvalue weighted by molar-refractivity contribution is -0.133. The summed E-state index contributed by atoms with van der Waals surface area (Å²) in [5.41, 5.74) is 0.426. The molecule has 110 valence electrons. The number of alkyl halides is 1. The molecule has 0 bridgehead atoms. The summed E-state index contributed by atoms with van der Waals surface area (Å²) in [7, 11) is 0. The number of hydrogen-bond acceptors (Lipinski definition) is 5. The van der Waals surface area contributed by atoms with Gasteiger partial charge < -0.3 is 9.47 Å². The minimum Gasteiger partial charge on any atom is -0.454 e. The Morgan fingerprint density at radius 2 is 1.67 bits per heavy atom. The summed E-state index contributed by atoms with van der Waals surface area (Å²) in [6.45, 7) is 0.0661. The molecule has 1 saturated heterocycles. The van der Waals surface area contributed by atoms with Crippen LogP contribution in [0.2, 0.25) is 5.02 Å². The van der Waals surface area contributed by atoms with Gasteiger partial charge in [0.2, 0.25) is 11.7 Å². The fraction of sp³-hybridized carbons (Fsp3) is 0.250. The molecular weight excluding hydrogens is 323 g/mol. The summed E-state index contributed by atoms with van der Waals surface area (Å²) in [5.74, 6) is -0.874. The number of halogens is 2. The Bertz CT molecular complexity index is 656. The van der Waals surface area contributed by atoms with Crippen LogP contribution < -0.4 is 20.1 Å². The van der Waals surface area contributed by atoms with Gasteiger partial charge in [0, 0.05) is 17.5 Å². The molecule has 7 nitrogen and oxygen atoms in total. The van der Waals surface area contributed by atoms with Crippen molar-refractivity contribution >= 4 is 41.0 Å². The standard InChI is InChI=1S/C12H8Cl2N2O5/c13-6-2-8-7(20-4-21-8)1-5(6)3-12(14)9(17)15-11(19)16-10(12)18/h1-2H,3-4H2,(H2,15,16,17,18,19). The predicted octanol–water partition coefficient (Wildman–Crippen LogP) is 0.955. The molecule has 0 aromatic heterocycles. The summed E-state index contributed by atoms with van der Waals surface area (Å²) < 4.78 is 10.4. The molecule has 0 saturated carbocycles. The van der Waals surface area contributed by atoms with E-state index < -0.39 is 22.7 Å². The minimum atomic E-state index is -1.95. The molecule has 1 fully saturated rings. The molecule has 21 heavy (non-hydrogen) atoms. The molecule has 2 N–H and O–H groups in total. The van der Waals surface area contributed by atoms with Crippen LogP contribution in [0.4, 0.5) is 4.79 Å². The molecule has 2 aliphatic rings. The van der Waals surface area contributed by atoms with Gasteiger partial charge in [0.05, 0.1) is 0 Å². The first-order valence-electron chi connectivity index (χ1n) is 5.84. The second-order valence-corrected chi connectivity index (χ2v) is 5.56. The van der Waals surface area contributed by atoms with E-state index in [0.717, 1.165) is 0 Å². The number of ether oxygens (including phenoxy) is 2. The molecule has 0 atom stereocenters. The lowest BCUT2D eigenvalue weighted by Crippen LogP contribution is -2.64. The van der Waals surface area contributed by atoms with E-state index in [1.807, 2.05) is 10.6 Å². The van der Waals surface area contributed by atoms with E-state index in [2.05, 4.69) is 0 Å². The zero-order chi connectivity index (χ0) is 15.2.